The van der Waals surface area contributed by atoms with Gasteiger partial charge in [-0.3, -0.25) is 4.98 Å². The minimum atomic E-state index is 0.636. The van der Waals surface area contributed by atoms with E-state index in [0.29, 0.717) is 6.54 Å². The molecule has 5 nitrogen and oxygen atoms in total. The summed E-state index contributed by atoms with van der Waals surface area (Å²) in [4.78, 5) is 8.79. The molecule has 0 saturated heterocycles. The Morgan fingerprint density at radius 3 is 3.05 bits per heavy atom. The van der Waals surface area contributed by atoms with Crippen molar-refractivity contribution >= 4 is 32.5 Å². The van der Waals surface area contributed by atoms with Gasteiger partial charge in [-0.2, -0.15) is 5.10 Å². The predicted octanol–water partition coefficient (Wildman–Crippen LogP) is 3.61. The fraction of sp³-hybridized carbons (Fsp3) is 0.267. The third-order valence-corrected chi connectivity index (χ3v) is 3.68. The maximum absolute atomic E-state index is 4.49. The van der Waals surface area contributed by atoms with E-state index in [1.165, 1.54) is 0 Å². The average Bonchev–Trinajstić information content (AvgIpc) is 2.92. The average molecular weight is 346 g/mol. The van der Waals surface area contributed by atoms with Crippen molar-refractivity contribution in [1.82, 2.24) is 19.7 Å². The highest BCUT2D eigenvalue weighted by atomic mass is 79.9. The van der Waals surface area contributed by atoms with Gasteiger partial charge < -0.3 is 5.32 Å². The number of aryl methyl sites for hydroxylation is 1. The van der Waals surface area contributed by atoms with E-state index in [-0.39, 0.29) is 0 Å². The van der Waals surface area contributed by atoms with Crippen LogP contribution in [0.4, 0.5) is 5.69 Å². The van der Waals surface area contributed by atoms with Crippen LogP contribution in [0.3, 0.4) is 0 Å². The number of fused-ring (bicyclic) bond motifs is 1. The van der Waals surface area contributed by atoms with Crippen LogP contribution in [0.5, 0.6) is 0 Å². The molecule has 0 radical (unpaired) electrons. The zero-order valence-electron chi connectivity index (χ0n) is 11.8. The van der Waals surface area contributed by atoms with Crippen molar-refractivity contribution in [2.45, 2.75) is 26.4 Å². The lowest BCUT2D eigenvalue weighted by molar-refractivity contribution is 0.574. The molecule has 0 aliphatic heterocycles. The summed E-state index contributed by atoms with van der Waals surface area (Å²) >= 11 is 3.45. The van der Waals surface area contributed by atoms with Crippen molar-refractivity contribution in [3.63, 3.8) is 0 Å². The van der Waals surface area contributed by atoms with E-state index in [1.807, 2.05) is 23.0 Å². The number of rotatable bonds is 5. The lowest BCUT2D eigenvalue weighted by atomic mass is 10.2. The van der Waals surface area contributed by atoms with E-state index in [0.717, 1.165) is 39.9 Å². The topological polar surface area (TPSA) is 55.6 Å². The van der Waals surface area contributed by atoms with Gasteiger partial charge in [0, 0.05) is 22.6 Å². The Morgan fingerprint density at radius 1 is 1.29 bits per heavy atom. The van der Waals surface area contributed by atoms with Gasteiger partial charge in [-0.1, -0.05) is 19.1 Å². The number of aromatic nitrogens is 4. The molecule has 6 heteroatoms. The Hall–Kier alpha value is -1.95. The van der Waals surface area contributed by atoms with E-state index in [4.69, 9.17) is 0 Å². The zero-order valence-corrected chi connectivity index (χ0v) is 13.3. The molecule has 1 N–H and O–H groups in total. The molecule has 0 unspecified atom stereocenters. The zero-order chi connectivity index (χ0) is 14.7. The molecular formula is C15H16BrN5. The smallest absolute Gasteiger partial charge is 0.146 e. The number of hydrogen-bond donors (Lipinski definition) is 1. The maximum atomic E-state index is 4.49. The largest absolute Gasteiger partial charge is 0.376 e. The minimum absolute atomic E-state index is 0.636. The summed E-state index contributed by atoms with van der Waals surface area (Å²) in [5.74, 6) is 0.936. The number of anilines is 1. The SMILES string of the molecule is CCCn1ncnc1CNc1cccc2cc(Br)cnc12. The highest BCUT2D eigenvalue weighted by molar-refractivity contribution is 9.10. The number of hydrogen-bond acceptors (Lipinski definition) is 4. The molecule has 108 valence electrons. The van der Waals surface area contributed by atoms with Crippen LogP contribution < -0.4 is 5.32 Å². The van der Waals surface area contributed by atoms with Gasteiger partial charge in [0.15, 0.2) is 0 Å². The quantitative estimate of drug-likeness (QED) is 0.767. The van der Waals surface area contributed by atoms with Crippen molar-refractivity contribution in [3.05, 3.63) is 47.1 Å². The fourth-order valence-corrected chi connectivity index (χ4v) is 2.62. The second-order valence-electron chi connectivity index (χ2n) is 4.78. The van der Waals surface area contributed by atoms with Gasteiger partial charge in [0.1, 0.15) is 12.2 Å². The number of para-hydroxylation sites is 1. The lowest BCUT2D eigenvalue weighted by Crippen LogP contribution is -2.10. The van der Waals surface area contributed by atoms with E-state index in [9.17, 15) is 0 Å². The summed E-state index contributed by atoms with van der Waals surface area (Å²) in [6, 6.07) is 8.17. The molecule has 0 aliphatic carbocycles. The lowest BCUT2D eigenvalue weighted by Gasteiger charge is -2.10. The first kappa shape index (κ1) is 14.0. The molecule has 0 spiro atoms. The summed E-state index contributed by atoms with van der Waals surface area (Å²) in [6.45, 7) is 3.65. The Balaban J connectivity index is 1.83. The summed E-state index contributed by atoms with van der Waals surface area (Å²) in [7, 11) is 0. The van der Waals surface area contributed by atoms with Crippen LogP contribution in [0, 0.1) is 0 Å². The number of nitrogens with zero attached hydrogens (tertiary/aromatic N) is 4. The van der Waals surface area contributed by atoms with E-state index < -0.39 is 0 Å². The van der Waals surface area contributed by atoms with Gasteiger partial charge >= 0.3 is 0 Å². The monoisotopic (exact) mass is 345 g/mol. The highest BCUT2D eigenvalue weighted by Crippen LogP contribution is 2.24. The Bertz CT molecular complexity index is 753. The third kappa shape index (κ3) is 3.05. The Morgan fingerprint density at radius 2 is 2.19 bits per heavy atom. The molecule has 21 heavy (non-hydrogen) atoms. The van der Waals surface area contributed by atoms with Crippen LogP contribution in [0.15, 0.2) is 41.3 Å². The van der Waals surface area contributed by atoms with Crippen LogP contribution in [0.1, 0.15) is 19.2 Å². The molecule has 2 heterocycles. The van der Waals surface area contributed by atoms with Crippen molar-refractivity contribution in [2.75, 3.05) is 5.32 Å². The first-order chi connectivity index (χ1) is 10.3. The molecule has 0 saturated carbocycles. The van der Waals surface area contributed by atoms with Crippen molar-refractivity contribution < 1.29 is 0 Å². The minimum Gasteiger partial charge on any atom is -0.376 e. The molecule has 1 aromatic carbocycles. The number of pyridine rings is 1. The first-order valence-electron chi connectivity index (χ1n) is 6.92. The summed E-state index contributed by atoms with van der Waals surface area (Å²) in [5.41, 5.74) is 1.97. The molecule has 0 atom stereocenters. The second-order valence-corrected chi connectivity index (χ2v) is 5.70. The summed E-state index contributed by atoms with van der Waals surface area (Å²) < 4.78 is 2.91. The van der Waals surface area contributed by atoms with Crippen LogP contribution in [-0.4, -0.2) is 19.7 Å². The van der Waals surface area contributed by atoms with E-state index in [2.05, 4.69) is 55.4 Å². The molecular weight excluding hydrogens is 330 g/mol. The molecule has 0 aliphatic rings. The first-order valence-corrected chi connectivity index (χ1v) is 7.72. The third-order valence-electron chi connectivity index (χ3n) is 3.25. The Kier molecular flexibility index (Phi) is 4.15. The van der Waals surface area contributed by atoms with Crippen molar-refractivity contribution in [2.24, 2.45) is 0 Å². The second kappa shape index (κ2) is 6.22. The normalized spacial score (nSPS) is 11.0. The summed E-state index contributed by atoms with van der Waals surface area (Å²) in [5, 5.41) is 8.74. The predicted molar refractivity (Wildman–Crippen MR) is 87.1 cm³/mol. The summed E-state index contributed by atoms with van der Waals surface area (Å²) in [6.07, 6.45) is 4.46. The molecule has 0 fully saturated rings. The molecule has 0 bridgehead atoms. The van der Waals surface area contributed by atoms with Gasteiger partial charge in [0.25, 0.3) is 0 Å². The standard InChI is InChI=1S/C15H16BrN5/c1-2-6-21-14(19-10-20-21)9-17-13-5-3-4-11-7-12(16)8-18-15(11)13/h3-5,7-8,10,17H,2,6,9H2,1H3. The van der Waals surface area contributed by atoms with Gasteiger partial charge in [0.05, 0.1) is 17.7 Å². The van der Waals surface area contributed by atoms with Gasteiger partial charge in [-0.15, -0.1) is 0 Å². The highest BCUT2D eigenvalue weighted by Gasteiger charge is 2.06. The Labute approximate surface area is 131 Å². The van der Waals surface area contributed by atoms with Crippen LogP contribution in [-0.2, 0) is 13.1 Å². The van der Waals surface area contributed by atoms with Gasteiger partial charge in [-0.25, -0.2) is 9.67 Å². The number of benzene rings is 1. The van der Waals surface area contributed by atoms with Crippen LogP contribution in [0.2, 0.25) is 0 Å². The fourth-order valence-electron chi connectivity index (χ4n) is 2.27. The molecule has 0 amide bonds. The van der Waals surface area contributed by atoms with Crippen LogP contribution >= 0.6 is 15.9 Å². The maximum Gasteiger partial charge on any atom is 0.146 e. The van der Waals surface area contributed by atoms with Crippen molar-refractivity contribution in [3.8, 4) is 0 Å². The molecule has 3 aromatic rings. The number of nitrogens with one attached hydrogen (secondary N) is 1. The van der Waals surface area contributed by atoms with Gasteiger partial charge in [0.2, 0.25) is 0 Å². The van der Waals surface area contributed by atoms with E-state index >= 15 is 0 Å². The van der Waals surface area contributed by atoms with Crippen molar-refractivity contribution in [1.29, 1.82) is 0 Å². The van der Waals surface area contributed by atoms with Gasteiger partial charge in [-0.05, 0) is 34.5 Å². The molecule has 3 rings (SSSR count). The molecule has 2 aromatic heterocycles. The van der Waals surface area contributed by atoms with E-state index in [1.54, 1.807) is 6.33 Å². The van der Waals surface area contributed by atoms with Crippen LogP contribution in [0.25, 0.3) is 10.9 Å². The number of halogens is 1.